The minimum absolute atomic E-state index is 0.159. The molecule has 7 heteroatoms. The van der Waals surface area contributed by atoms with Crippen LogP contribution in [0.25, 0.3) is 87.7 Å². The average molecular weight is 730 g/mol. The summed E-state index contributed by atoms with van der Waals surface area (Å²) in [4.78, 5) is 23.8. The molecule has 0 saturated heterocycles. The molecule has 2 aromatic heterocycles. The van der Waals surface area contributed by atoms with Gasteiger partial charge in [-0.3, -0.25) is 4.79 Å². The van der Waals surface area contributed by atoms with E-state index in [0.717, 1.165) is 82.8 Å². The zero-order valence-electron chi connectivity index (χ0n) is 27.8. The second kappa shape index (κ2) is 13.0. The van der Waals surface area contributed by atoms with E-state index in [1.807, 2.05) is 133 Å². The number of furan rings is 2. The highest BCUT2D eigenvalue weighted by molar-refractivity contribution is 6.37. The standard InChI is InChI=1S/C23H13ClO3.C23H13ClO2/c24-19-12-18(23(25)26)21(15-8-2-1-6-13(15)19)17-10-5-9-16-14-7-3-4-11-20(14)27-22(16)17;24-20-12-14(13-25)22(17-8-2-1-6-15(17)20)19-10-5-9-18-16-7-3-4-11-21(16)26-23(18)19/h1-12H,(H,25,26);1-13H. The zero-order chi connectivity index (χ0) is 36.2. The number of fused-ring (bicyclic) bond motifs is 8. The van der Waals surface area contributed by atoms with Crippen molar-refractivity contribution in [3.05, 3.63) is 167 Å². The third-order valence-corrected chi connectivity index (χ3v) is 10.3. The highest BCUT2D eigenvalue weighted by atomic mass is 35.5. The fourth-order valence-corrected chi connectivity index (χ4v) is 7.98. The van der Waals surface area contributed by atoms with Crippen LogP contribution in [0, 0.1) is 0 Å². The third-order valence-electron chi connectivity index (χ3n) is 9.72. The minimum atomic E-state index is -1.02. The lowest BCUT2D eigenvalue weighted by Gasteiger charge is -2.13. The molecular formula is C46H26Cl2O5. The number of hydrogen-bond donors (Lipinski definition) is 1. The molecule has 0 aliphatic rings. The molecule has 0 spiro atoms. The van der Waals surface area contributed by atoms with Crippen molar-refractivity contribution in [1.82, 2.24) is 0 Å². The molecule has 5 nitrogen and oxygen atoms in total. The molecule has 8 aromatic carbocycles. The Morgan fingerprint density at radius 3 is 1.42 bits per heavy atom. The summed E-state index contributed by atoms with van der Waals surface area (Å²) in [6, 6.07) is 46.3. The van der Waals surface area contributed by atoms with Gasteiger partial charge >= 0.3 is 5.97 Å². The Balaban J connectivity index is 0.000000141. The van der Waals surface area contributed by atoms with Crippen molar-refractivity contribution >= 4 is 101 Å². The van der Waals surface area contributed by atoms with Gasteiger partial charge in [-0.15, -0.1) is 0 Å². The topological polar surface area (TPSA) is 80.6 Å². The fraction of sp³-hybridized carbons (Fsp3) is 0. The van der Waals surface area contributed by atoms with Gasteiger partial charge in [-0.05, 0) is 35.0 Å². The normalized spacial score (nSPS) is 11.4. The molecule has 1 N–H and O–H groups in total. The van der Waals surface area contributed by atoms with E-state index in [1.165, 1.54) is 6.07 Å². The summed E-state index contributed by atoms with van der Waals surface area (Å²) in [5.41, 5.74) is 6.89. The van der Waals surface area contributed by atoms with Gasteiger partial charge in [-0.2, -0.15) is 0 Å². The van der Waals surface area contributed by atoms with Crippen LogP contribution in [0.2, 0.25) is 10.0 Å². The minimum Gasteiger partial charge on any atom is -0.478 e. The van der Waals surface area contributed by atoms with Crippen LogP contribution < -0.4 is 0 Å². The van der Waals surface area contributed by atoms with E-state index in [1.54, 1.807) is 6.07 Å². The maximum absolute atomic E-state index is 12.0. The number of aromatic carboxylic acids is 1. The van der Waals surface area contributed by atoms with E-state index in [-0.39, 0.29) is 5.56 Å². The zero-order valence-corrected chi connectivity index (χ0v) is 29.3. The largest absolute Gasteiger partial charge is 0.478 e. The first kappa shape index (κ1) is 32.5. The Kier molecular flexibility index (Phi) is 7.96. The van der Waals surface area contributed by atoms with E-state index in [9.17, 15) is 14.7 Å². The number of rotatable bonds is 4. The monoisotopic (exact) mass is 728 g/mol. The summed E-state index contributed by atoms with van der Waals surface area (Å²) in [7, 11) is 0. The smallest absolute Gasteiger partial charge is 0.336 e. The van der Waals surface area contributed by atoms with Crippen LogP contribution in [0.3, 0.4) is 0 Å². The van der Waals surface area contributed by atoms with Gasteiger partial charge in [0.15, 0.2) is 6.29 Å². The molecule has 0 fully saturated rings. The Hall–Kier alpha value is -6.40. The second-order valence-electron chi connectivity index (χ2n) is 12.7. The van der Waals surface area contributed by atoms with Crippen molar-refractivity contribution in [1.29, 1.82) is 0 Å². The summed E-state index contributed by atoms with van der Waals surface area (Å²) in [5.74, 6) is -1.02. The first-order valence-electron chi connectivity index (χ1n) is 16.8. The van der Waals surface area contributed by atoms with Gasteiger partial charge in [-0.1, -0.05) is 145 Å². The molecule has 254 valence electrons. The number of carbonyl (C=O) groups excluding carboxylic acids is 1. The number of carboxylic acid groups (broad SMARTS) is 1. The number of halogens is 2. The lowest BCUT2D eigenvalue weighted by Crippen LogP contribution is -2.01. The van der Waals surface area contributed by atoms with Gasteiger partial charge in [-0.25, -0.2) is 4.79 Å². The second-order valence-corrected chi connectivity index (χ2v) is 13.5. The maximum atomic E-state index is 12.0. The number of para-hydroxylation sites is 4. The van der Waals surface area contributed by atoms with E-state index in [4.69, 9.17) is 32.0 Å². The first-order chi connectivity index (χ1) is 25.9. The van der Waals surface area contributed by atoms with Gasteiger partial charge < -0.3 is 13.9 Å². The molecule has 0 bridgehead atoms. The van der Waals surface area contributed by atoms with Crippen molar-refractivity contribution in [3.63, 3.8) is 0 Å². The predicted molar refractivity (Wildman–Crippen MR) is 216 cm³/mol. The summed E-state index contributed by atoms with van der Waals surface area (Å²) < 4.78 is 12.3. The summed E-state index contributed by atoms with van der Waals surface area (Å²) in [6.45, 7) is 0. The van der Waals surface area contributed by atoms with E-state index in [2.05, 4.69) is 0 Å². The van der Waals surface area contributed by atoms with Crippen molar-refractivity contribution < 1.29 is 23.5 Å². The molecule has 0 amide bonds. The summed E-state index contributed by atoms with van der Waals surface area (Å²) in [5, 5.41) is 18.3. The third kappa shape index (κ3) is 5.32. The van der Waals surface area contributed by atoms with Crippen LogP contribution in [-0.2, 0) is 0 Å². The van der Waals surface area contributed by atoms with Gasteiger partial charge in [0.2, 0.25) is 0 Å². The maximum Gasteiger partial charge on any atom is 0.336 e. The first-order valence-corrected chi connectivity index (χ1v) is 17.6. The quantitative estimate of drug-likeness (QED) is 0.182. The van der Waals surface area contributed by atoms with E-state index >= 15 is 0 Å². The van der Waals surface area contributed by atoms with Crippen LogP contribution in [0.15, 0.2) is 154 Å². The highest BCUT2D eigenvalue weighted by Crippen LogP contribution is 2.43. The molecule has 0 aliphatic heterocycles. The van der Waals surface area contributed by atoms with Gasteiger partial charge in [0.1, 0.15) is 22.3 Å². The lowest BCUT2D eigenvalue weighted by molar-refractivity contribution is 0.0697. The molecule has 10 aromatic rings. The molecule has 0 radical (unpaired) electrons. The number of aldehydes is 1. The Labute approximate surface area is 312 Å². The Morgan fingerprint density at radius 1 is 0.491 bits per heavy atom. The number of carboxylic acids is 1. The molecule has 10 rings (SSSR count). The molecule has 2 heterocycles. The molecule has 0 aliphatic carbocycles. The Morgan fingerprint density at radius 2 is 0.906 bits per heavy atom. The SMILES string of the molecule is O=C(O)c1cc(Cl)c2ccccc2c1-c1cccc2c1oc1ccccc12.O=Cc1cc(Cl)c2ccccc2c1-c1cccc2c1oc1ccccc12. The fourth-order valence-electron chi connectivity index (χ4n) is 7.42. The lowest BCUT2D eigenvalue weighted by atomic mass is 9.92. The number of carbonyl (C=O) groups is 2. The Bertz CT molecular complexity index is 3100. The summed E-state index contributed by atoms with van der Waals surface area (Å²) >= 11 is 12.8. The molecule has 0 saturated carbocycles. The highest BCUT2D eigenvalue weighted by Gasteiger charge is 2.22. The van der Waals surface area contributed by atoms with E-state index < -0.39 is 5.97 Å². The van der Waals surface area contributed by atoms with Crippen LogP contribution in [0.1, 0.15) is 20.7 Å². The van der Waals surface area contributed by atoms with Crippen LogP contribution in [0.4, 0.5) is 0 Å². The van der Waals surface area contributed by atoms with Crippen LogP contribution in [0.5, 0.6) is 0 Å². The van der Waals surface area contributed by atoms with Crippen LogP contribution in [-0.4, -0.2) is 17.4 Å². The predicted octanol–water partition coefficient (Wildman–Crippen LogP) is 13.6. The van der Waals surface area contributed by atoms with Gasteiger partial charge in [0, 0.05) is 70.2 Å². The van der Waals surface area contributed by atoms with Crippen molar-refractivity contribution in [2.75, 3.05) is 0 Å². The van der Waals surface area contributed by atoms with Gasteiger partial charge in [0.25, 0.3) is 0 Å². The van der Waals surface area contributed by atoms with Gasteiger partial charge in [0.05, 0.1) is 5.56 Å². The van der Waals surface area contributed by atoms with Crippen molar-refractivity contribution in [3.8, 4) is 22.3 Å². The van der Waals surface area contributed by atoms with Crippen molar-refractivity contribution in [2.45, 2.75) is 0 Å². The summed E-state index contributed by atoms with van der Waals surface area (Å²) in [6.07, 6.45) is 0.856. The molecule has 0 atom stereocenters. The van der Waals surface area contributed by atoms with Crippen LogP contribution >= 0.6 is 23.2 Å². The molecule has 53 heavy (non-hydrogen) atoms. The number of hydrogen-bond acceptors (Lipinski definition) is 4. The van der Waals surface area contributed by atoms with E-state index in [0.29, 0.717) is 26.8 Å². The van der Waals surface area contributed by atoms with Crippen molar-refractivity contribution in [2.24, 2.45) is 0 Å². The number of benzene rings is 8. The average Bonchev–Trinajstić information content (AvgIpc) is 3.77. The molecular weight excluding hydrogens is 703 g/mol. The molecule has 0 unspecified atom stereocenters.